The summed E-state index contributed by atoms with van der Waals surface area (Å²) in [7, 11) is 0. The lowest BCUT2D eigenvalue weighted by Crippen LogP contribution is -1.99. The molecule has 0 aliphatic heterocycles. The van der Waals surface area contributed by atoms with Crippen molar-refractivity contribution in [1.82, 2.24) is 9.36 Å². The van der Waals surface area contributed by atoms with Gasteiger partial charge < -0.3 is 10.4 Å². The average molecular weight is 261 g/mol. The Morgan fingerprint density at radius 1 is 1.33 bits per heavy atom. The molecule has 0 amide bonds. The van der Waals surface area contributed by atoms with E-state index < -0.39 is 0 Å². The number of aliphatic hydroxyl groups is 1. The number of aromatic nitrogens is 2. The highest BCUT2D eigenvalue weighted by atomic mass is 32.1. The summed E-state index contributed by atoms with van der Waals surface area (Å²) in [4.78, 5) is 4.48. The fourth-order valence-corrected chi connectivity index (χ4v) is 2.47. The number of hydrogen-bond acceptors (Lipinski definition) is 5. The van der Waals surface area contributed by atoms with E-state index in [4.69, 9.17) is 5.11 Å². The van der Waals surface area contributed by atoms with Gasteiger partial charge in [0.1, 0.15) is 5.82 Å². The molecule has 0 spiro atoms. The van der Waals surface area contributed by atoms with Crippen molar-refractivity contribution in [3.05, 3.63) is 41.2 Å². The SMILES string of the molecule is OCc1cccc(CNc2nc(C3CC3)ns2)c1. The van der Waals surface area contributed by atoms with Gasteiger partial charge >= 0.3 is 0 Å². The Kier molecular flexibility index (Phi) is 3.25. The predicted molar refractivity (Wildman–Crippen MR) is 71.6 cm³/mol. The van der Waals surface area contributed by atoms with Gasteiger partial charge in [-0.1, -0.05) is 24.3 Å². The summed E-state index contributed by atoms with van der Waals surface area (Å²) in [6, 6.07) is 7.91. The van der Waals surface area contributed by atoms with E-state index in [0.717, 1.165) is 22.1 Å². The molecule has 2 N–H and O–H groups in total. The second kappa shape index (κ2) is 5.04. The van der Waals surface area contributed by atoms with Crippen LogP contribution in [0.25, 0.3) is 0 Å². The topological polar surface area (TPSA) is 58.0 Å². The van der Waals surface area contributed by atoms with Crippen LogP contribution in [0.1, 0.15) is 35.7 Å². The van der Waals surface area contributed by atoms with Gasteiger partial charge in [-0.2, -0.15) is 4.37 Å². The minimum atomic E-state index is 0.0818. The highest BCUT2D eigenvalue weighted by Crippen LogP contribution is 2.39. The first-order chi connectivity index (χ1) is 8.85. The van der Waals surface area contributed by atoms with Crippen molar-refractivity contribution in [1.29, 1.82) is 0 Å². The number of aliphatic hydroxyl groups excluding tert-OH is 1. The van der Waals surface area contributed by atoms with Gasteiger partial charge in [0, 0.05) is 24.0 Å². The Morgan fingerprint density at radius 2 is 2.17 bits per heavy atom. The fraction of sp³-hybridized carbons (Fsp3) is 0.385. The zero-order valence-corrected chi connectivity index (χ0v) is 10.8. The molecule has 18 heavy (non-hydrogen) atoms. The zero-order valence-electron chi connectivity index (χ0n) is 9.97. The Labute approximate surface area is 110 Å². The van der Waals surface area contributed by atoms with E-state index in [1.807, 2.05) is 24.3 Å². The maximum absolute atomic E-state index is 9.08. The van der Waals surface area contributed by atoms with Gasteiger partial charge in [0.25, 0.3) is 0 Å². The molecule has 94 valence electrons. The summed E-state index contributed by atoms with van der Waals surface area (Å²) in [5, 5.41) is 13.2. The fourth-order valence-electron chi connectivity index (χ4n) is 1.83. The smallest absolute Gasteiger partial charge is 0.202 e. The molecule has 0 radical (unpaired) electrons. The van der Waals surface area contributed by atoms with Crippen LogP contribution in [0.15, 0.2) is 24.3 Å². The van der Waals surface area contributed by atoms with Gasteiger partial charge in [0.2, 0.25) is 5.13 Å². The Morgan fingerprint density at radius 3 is 2.94 bits per heavy atom. The highest BCUT2D eigenvalue weighted by molar-refractivity contribution is 7.09. The van der Waals surface area contributed by atoms with Gasteiger partial charge in [-0.05, 0) is 24.0 Å². The molecule has 3 rings (SSSR count). The van der Waals surface area contributed by atoms with Crippen molar-refractivity contribution in [2.45, 2.75) is 31.9 Å². The van der Waals surface area contributed by atoms with Crippen molar-refractivity contribution < 1.29 is 5.11 Å². The third-order valence-electron chi connectivity index (χ3n) is 3.00. The zero-order chi connectivity index (χ0) is 12.4. The van der Waals surface area contributed by atoms with Crippen LogP contribution < -0.4 is 5.32 Å². The molecule has 1 aromatic carbocycles. The van der Waals surface area contributed by atoms with Crippen LogP contribution in [0.2, 0.25) is 0 Å². The van der Waals surface area contributed by atoms with Gasteiger partial charge in [0.05, 0.1) is 6.61 Å². The number of nitrogens with zero attached hydrogens (tertiary/aromatic N) is 2. The molecule has 0 saturated heterocycles. The number of rotatable bonds is 5. The quantitative estimate of drug-likeness (QED) is 0.868. The third kappa shape index (κ3) is 2.68. The summed E-state index contributed by atoms with van der Waals surface area (Å²) in [6.45, 7) is 0.797. The van der Waals surface area contributed by atoms with E-state index >= 15 is 0 Å². The molecule has 2 aromatic rings. The van der Waals surface area contributed by atoms with Gasteiger partial charge in [-0.25, -0.2) is 4.98 Å². The second-order valence-corrected chi connectivity index (χ2v) is 5.32. The lowest BCUT2D eigenvalue weighted by atomic mass is 10.1. The monoisotopic (exact) mass is 261 g/mol. The largest absolute Gasteiger partial charge is 0.392 e. The summed E-state index contributed by atoms with van der Waals surface area (Å²) in [6.07, 6.45) is 2.46. The third-order valence-corrected chi connectivity index (χ3v) is 3.69. The van der Waals surface area contributed by atoms with Crippen LogP contribution in [-0.4, -0.2) is 14.5 Å². The van der Waals surface area contributed by atoms with Crippen molar-refractivity contribution in [2.75, 3.05) is 5.32 Å². The van der Waals surface area contributed by atoms with E-state index in [-0.39, 0.29) is 6.61 Å². The van der Waals surface area contributed by atoms with Crippen LogP contribution >= 0.6 is 11.5 Å². The average Bonchev–Trinajstić information content (AvgIpc) is 3.16. The van der Waals surface area contributed by atoms with Gasteiger partial charge in [-0.15, -0.1) is 0 Å². The summed E-state index contributed by atoms with van der Waals surface area (Å²) >= 11 is 1.43. The molecule has 0 unspecified atom stereocenters. The first-order valence-electron chi connectivity index (χ1n) is 6.11. The molecular weight excluding hydrogens is 246 g/mol. The van der Waals surface area contributed by atoms with Gasteiger partial charge in [-0.3, -0.25) is 0 Å². The molecule has 5 heteroatoms. The van der Waals surface area contributed by atoms with Crippen LogP contribution in [0.4, 0.5) is 5.13 Å². The lowest BCUT2D eigenvalue weighted by molar-refractivity contribution is 0.281. The molecule has 1 aliphatic carbocycles. The molecule has 4 nitrogen and oxygen atoms in total. The number of anilines is 1. The van der Waals surface area contributed by atoms with Crippen molar-refractivity contribution in [2.24, 2.45) is 0 Å². The maximum atomic E-state index is 9.08. The van der Waals surface area contributed by atoms with Crippen LogP contribution in [0.3, 0.4) is 0 Å². The van der Waals surface area contributed by atoms with Crippen molar-refractivity contribution in [3.8, 4) is 0 Å². The Balaban J connectivity index is 1.61. The Hall–Kier alpha value is -1.46. The minimum absolute atomic E-state index is 0.0818. The Bertz CT molecular complexity index is 537. The normalized spacial score (nSPS) is 14.7. The summed E-state index contributed by atoms with van der Waals surface area (Å²) in [5.74, 6) is 1.60. The number of hydrogen-bond donors (Lipinski definition) is 2. The molecule has 1 aliphatic rings. The molecule has 1 fully saturated rings. The lowest BCUT2D eigenvalue weighted by Gasteiger charge is -2.04. The number of benzene rings is 1. The van der Waals surface area contributed by atoms with E-state index in [9.17, 15) is 0 Å². The standard InChI is InChI=1S/C13H15N3OS/c17-8-10-3-1-2-9(6-10)7-14-13-15-12(16-18-13)11-4-5-11/h1-3,6,11,17H,4-5,7-8H2,(H,14,15,16). The van der Waals surface area contributed by atoms with Crippen LogP contribution in [0, 0.1) is 0 Å². The van der Waals surface area contributed by atoms with Crippen molar-refractivity contribution >= 4 is 16.7 Å². The molecule has 1 heterocycles. The second-order valence-electron chi connectivity index (χ2n) is 4.56. The highest BCUT2D eigenvalue weighted by Gasteiger charge is 2.27. The first-order valence-corrected chi connectivity index (χ1v) is 6.88. The van der Waals surface area contributed by atoms with Crippen molar-refractivity contribution in [3.63, 3.8) is 0 Å². The van der Waals surface area contributed by atoms with Crippen LogP contribution in [-0.2, 0) is 13.2 Å². The molecule has 0 bridgehead atoms. The summed E-state index contributed by atoms with van der Waals surface area (Å²) in [5.41, 5.74) is 2.08. The molecule has 1 aromatic heterocycles. The van der Waals surface area contributed by atoms with E-state index in [0.29, 0.717) is 12.5 Å². The van der Waals surface area contributed by atoms with Gasteiger partial charge in [0.15, 0.2) is 0 Å². The summed E-state index contributed by atoms with van der Waals surface area (Å²) < 4.78 is 4.35. The van der Waals surface area contributed by atoms with Crippen LogP contribution in [0.5, 0.6) is 0 Å². The molecular formula is C13H15N3OS. The molecule has 1 saturated carbocycles. The van der Waals surface area contributed by atoms with E-state index in [1.165, 1.54) is 24.4 Å². The van der Waals surface area contributed by atoms with E-state index in [1.54, 1.807) is 0 Å². The van der Waals surface area contributed by atoms with E-state index in [2.05, 4.69) is 14.7 Å². The first kappa shape index (κ1) is 11.6. The predicted octanol–water partition coefficient (Wildman–Crippen LogP) is 2.52. The minimum Gasteiger partial charge on any atom is -0.392 e. The molecule has 0 atom stereocenters. The number of nitrogens with one attached hydrogen (secondary N) is 1. The maximum Gasteiger partial charge on any atom is 0.202 e.